The second kappa shape index (κ2) is 12.8. The van der Waals surface area contributed by atoms with Crippen molar-refractivity contribution in [1.82, 2.24) is 15.5 Å². The molecule has 0 aromatic heterocycles. The van der Waals surface area contributed by atoms with Crippen LogP contribution in [0, 0.1) is 13.8 Å². The van der Waals surface area contributed by atoms with Crippen LogP contribution in [-0.2, 0) is 25.7 Å². The number of benzene rings is 2. The monoisotopic (exact) mass is 536 g/mol. The third-order valence-corrected chi connectivity index (χ3v) is 6.80. The molecule has 2 aromatic rings. The van der Waals surface area contributed by atoms with E-state index in [9.17, 15) is 19.2 Å². The van der Waals surface area contributed by atoms with Crippen molar-refractivity contribution in [2.45, 2.75) is 90.6 Å². The number of amides is 4. The van der Waals surface area contributed by atoms with Gasteiger partial charge in [-0.15, -0.1) is 0 Å². The van der Waals surface area contributed by atoms with Crippen LogP contribution in [0.3, 0.4) is 0 Å². The van der Waals surface area contributed by atoms with Gasteiger partial charge in [0.15, 0.2) is 0 Å². The highest BCUT2D eigenvalue weighted by molar-refractivity contribution is 5.94. The second-order valence-electron chi connectivity index (χ2n) is 11.1. The fraction of sp³-hybridized carbons (Fsp3) is 0.467. The van der Waals surface area contributed by atoms with Gasteiger partial charge in [-0.1, -0.05) is 48.5 Å². The third-order valence-electron chi connectivity index (χ3n) is 6.80. The summed E-state index contributed by atoms with van der Waals surface area (Å²) < 4.78 is 5.34. The number of nitrogens with one attached hydrogen (secondary N) is 2. The van der Waals surface area contributed by atoms with Gasteiger partial charge < -0.3 is 26.0 Å². The van der Waals surface area contributed by atoms with E-state index >= 15 is 0 Å². The Kier molecular flexibility index (Phi) is 9.72. The zero-order valence-corrected chi connectivity index (χ0v) is 23.5. The second-order valence-corrected chi connectivity index (χ2v) is 11.1. The Morgan fingerprint density at radius 2 is 1.69 bits per heavy atom. The van der Waals surface area contributed by atoms with Gasteiger partial charge in [0.2, 0.25) is 17.7 Å². The van der Waals surface area contributed by atoms with E-state index in [4.69, 9.17) is 10.5 Å². The van der Waals surface area contributed by atoms with Crippen molar-refractivity contribution in [3.63, 3.8) is 0 Å². The molecule has 1 aliphatic carbocycles. The van der Waals surface area contributed by atoms with Gasteiger partial charge >= 0.3 is 6.09 Å². The smallest absolute Gasteiger partial charge is 0.408 e. The molecule has 1 fully saturated rings. The molecule has 0 radical (unpaired) electrons. The van der Waals surface area contributed by atoms with Gasteiger partial charge in [0.05, 0.1) is 6.42 Å². The van der Waals surface area contributed by atoms with Crippen LogP contribution < -0.4 is 16.4 Å². The highest BCUT2D eigenvalue weighted by Crippen LogP contribution is 2.34. The van der Waals surface area contributed by atoms with Gasteiger partial charge in [-0.25, -0.2) is 4.79 Å². The van der Waals surface area contributed by atoms with Crippen LogP contribution in [0.1, 0.15) is 74.8 Å². The molecule has 1 aliphatic rings. The first-order valence-corrected chi connectivity index (χ1v) is 13.3. The number of nitrogens with zero attached hydrogens (tertiary/aromatic N) is 1. The number of carbonyl (C=O) groups is 4. The van der Waals surface area contributed by atoms with Crippen LogP contribution in [0.15, 0.2) is 48.5 Å². The van der Waals surface area contributed by atoms with Crippen LogP contribution in [0.2, 0.25) is 0 Å². The summed E-state index contributed by atoms with van der Waals surface area (Å²) in [7, 11) is 0. The Balaban J connectivity index is 1.99. The summed E-state index contributed by atoms with van der Waals surface area (Å²) in [6.45, 7) is 9.31. The summed E-state index contributed by atoms with van der Waals surface area (Å²) in [5, 5.41) is 5.51. The zero-order valence-electron chi connectivity index (χ0n) is 23.5. The first-order chi connectivity index (χ1) is 18.4. The van der Waals surface area contributed by atoms with Gasteiger partial charge in [-0.05, 0) is 76.1 Å². The van der Waals surface area contributed by atoms with E-state index in [1.807, 2.05) is 62.4 Å². The van der Waals surface area contributed by atoms with E-state index in [1.54, 1.807) is 20.8 Å². The van der Waals surface area contributed by atoms with E-state index < -0.39 is 42.0 Å². The van der Waals surface area contributed by atoms with E-state index in [1.165, 1.54) is 4.90 Å². The lowest BCUT2D eigenvalue weighted by atomic mass is 9.87. The predicted octanol–water partition coefficient (Wildman–Crippen LogP) is 3.81. The number of primary amides is 1. The van der Waals surface area contributed by atoms with E-state index in [2.05, 4.69) is 10.6 Å². The third kappa shape index (κ3) is 8.30. The number of hydrogen-bond acceptors (Lipinski definition) is 5. The quantitative estimate of drug-likeness (QED) is 0.425. The van der Waals surface area contributed by atoms with Gasteiger partial charge in [-0.3, -0.25) is 14.4 Å². The van der Waals surface area contributed by atoms with Crippen molar-refractivity contribution >= 4 is 23.8 Å². The molecule has 39 heavy (non-hydrogen) atoms. The Bertz CT molecular complexity index is 1190. The van der Waals surface area contributed by atoms with Crippen LogP contribution >= 0.6 is 0 Å². The molecule has 0 saturated heterocycles. The lowest BCUT2D eigenvalue weighted by Crippen LogP contribution is -2.58. The minimum atomic E-state index is -1.28. The molecule has 0 heterocycles. The summed E-state index contributed by atoms with van der Waals surface area (Å²) in [6.07, 6.45) is 1.04. The Morgan fingerprint density at radius 1 is 1.03 bits per heavy atom. The van der Waals surface area contributed by atoms with E-state index in [0.717, 1.165) is 23.1 Å². The molecule has 0 spiro atoms. The molecule has 0 bridgehead atoms. The standard InChI is InChI=1S/C30H40N4O5/c1-19-14-15-22(16-20(19)2)26(27(36)32-18-21-10-7-6-8-11-21)34(23-12-9-13-23)28(37)24(17-25(31)35)33-29(38)39-30(3,4)5/h6-8,10-11,14-16,23-24,26H,9,12-13,17-18H2,1-5H3,(H2,31,35)(H,32,36)(H,33,38). The molecule has 9 heteroatoms. The number of alkyl carbamates (subject to hydrolysis) is 1. The summed E-state index contributed by atoms with van der Waals surface area (Å²) >= 11 is 0. The lowest BCUT2D eigenvalue weighted by Gasteiger charge is -2.43. The number of rotatable bonds is 10. The fourth-order valence-corrected chi connectivity index (χ4v) is 4.47. The summed E-state index contributed by atoms with van der Waals surface area (Å²) in [6, 6.07) is 12.7. The Hall–Kier alpha value is -3.88. The van der Waals surface area contributed by atoms with Crippen molar-refractivity contribution in [2.24, 2.45) is 5.73 Å². The Morgan fingerprint density at radius 3 is 2.23 bits per heavy atom. The minimum Gasteiger partial charge on any atom is -0.444 e. The van der Waals surface area contributed by atoms with Crippen molar-refractivity contribution in [2.75, 3.05) is 0 Å². The van der Waals surface area contributed by atoms with E-state index in [-0.39, 0.29) is 18.5 Å². The summed E-state index contributed by atoms with van der Waals surface area (Å²) in [4.78, 5) is 54.1. The molecule has 2 atom stereocenters. The van der Waals surface area contributed by atoms with Crippen molar-refractivity contribution in [3.8, 4) is 0 Å². The number of carbonyl (C=O) groups excluding carboxylic acids is 4. The van der Waals surface area contributed by atoms with Gasteiger partial charge in [-0.2, -0.15) is 0 Å². The SMILES string of the molecule is Cc1ccc(C(C(=O)NCc2ccccc2)N(C(=O)C(CC(N)=O)NC(=O)OC(C)(C)C)C2CCC2)cc1C. The van der Waals surface area contributed by atoms with Gasteiger partial charge in [0.25, 0.3) is 0 Å². The maximum absolute atomic E-state index is 14.1. The van der Waals surface area contributed by atoms with E-state index in [0.29, 0.717) is 18.4 Å². The summed E-state index contributed by atoms with van der Waals surface area (Å²) in [5.41, 5.74) is 8.27. The topological polar surface area (TPSA) is 131 Å². The molecular formula is C30H40N4O5. The van der Waals surface area contributed by atoms with Crippen LogP contribution in [0.4, 0.5) is 4.79 Å². The van der Waals surface area contributed by atoms with Crippen LogP contribution in [0.25, 0.3) is 0 Å². The zero-order chi connectivity index (χ0) is 28.7. The molecule has 0 aliphatic heterocycles. The largest absolute Gasteiger partial charge is 0.444 e. The average molecular weight is 537 g/mol. The molecule has 4 N–H and O–H groups in total. The normalized spacial score (nSPS) is 14.9. The van der Waals surface area contributed by atoms with Gasteiger partial charge in [0, 0.05) is 12.6 Å². The predicted molar refractivity (Wildman–Crippen MR) is 148 cm³/mol. The molecule has 4 amide bonds. The minimum absolute atomic E-state index is 0.234. The maximum atomic E-state index is 14.1. The number of hydrogen-bond donors (Lipinski definition) is 3. The van der Waals surface area contributed by atoms with Gasteiger partial charge in [0.1, 0.15) is 17.7 Å². The molecule has 2 aromatic carbocycles. The first kappa shape index (κ1) is 29.7. The van der Waals surface area contributed by atoms with Crippen LogP contribution in [0.5, 0.6) is 0 Å². The molecule has 9 nitrogen and oxygen atoms in total. The molecule has 1 saturated carbocycles. The van der Waals surface area contributed by atoms with Crippen molar-refractivity contribution in [1.29, 1.82) is 0 Å². The lowest BCUT2D eigenvalue weighted by molar-refractivity contribution is -0.148. The molecule has 210 valence electrons. The molecular weight excluding hydrogens is 496 g/mol. The average Bonchev–Trinajstić information content (AvgIpc) is 2.81. The Labute approximate surface area is 230 Å². The molecule has 2 unspecified atom stereocenters. The molecule has 3 rings (SSSR count). The van der Waals surface area contributed by atoms with Crippen molar-refractivity contribution < 1.29 is 23.9 Å². The number of aryl methyl sites for hydroxylation is 2. The van der Waals surface area contributed by atoms with Crippen molar-refractivity contribution in [3.05, 3.63) is 70.8 Å². The first-order valence-electron chi connectivity index (χ1n) is 13.3. The summed E-state index contributed by atoms with van der Waals surface area (Å²) in [5.74, 6) is -1.66. The van der Waals surface area contributed by atoms with Crippen LogP contribution in [-0.4, -0.2) is 46.4 Å². The highest BCUT2D eigenvalue weighted by Gasteiger charge is 2.42. The number of ether oxygens (including phenoxy) is 1. The fourth-order valence-electron chi connectivity index (χ4n) is 4.47. The maximum Gasteiger partial charge on any atom is 0.408 e. The highest BCUT2D eigenvalue weighted by atomic mass is 16.6. The number of nitrogens with two attached hydrogens (primary N) is 1.